The minimum absolute atomic E-state index is 0.229. The van der Waals surface area contributed by atoms with E-state index in [1.54, 1.807) is 15.9 Å². The number of hydrogen-bond donors (Lipinski definition) is 3. The molecule has 0 aliphatic carbocycles. The van der Waals surface area contributed by atoms with Gasteiger partial charge in [0.1, 0.15) is 39.3 Å². The Balaban J connectivity index is 1.51. The van der Waals surface area contributed by atoms with Crippen LogP contribution in [-0.2, 0) is 13.1 Å². The van der Waals surface area contributed by atoms with Gasteiger partial charge in [0.05, 0.1) is 6.61 Å². The lowest BCUT2D eigenvalue weighted by Gasteiger charge is -2.29. The fraction of sp³-hybridized carbons (Fsp3) is 0.400. The van der Waals surface area contributed by atoms with Gasteiger partial charge in [-0.15, -0.1) is 0 Å². The van der Waals surface area contributed by atoms with E-state index in [4.69, 9.17) is 4.74 Å². The molecule has 0 atom stereocenters. The first-order valence-corrected chi connectivity index (χ1v) is 8.90. The normalized spacial score (nSPS) is 20.7. The summed E-state index contributed by atoms with van der Waals surface area (Å²) in [4.78, 5) is 3.28. The highest BCUT2D eigenvalue weighted by molar-refractivity contribution is 5.41. The summed E-state index contributed by atoms with van der Waals surface area (Å²) < 4.78 is 5.49. The number of piperazine rings is 1. The van der Waals surface area contributed by atoms with E-state index >= 15 is 0 Å². The third kappa shape index (κ3) is 4.49. The first kappa shape index (κ1) is 16.8. The molecule has 0 bridgehead atoms. The maximum atomic E-state index is 9.81. The smallest absolute Gasteiger partial charge is 0.161 e. The summed E-state index contributed by atoms with van der Waals surface area (Å²) in [6.07, 6.45) is 0. The van der Waals surface area contributed by atoms with Crippen molar-refractivity contribution in [2.45, 2.75) is 20.0 Å². The van der Waals surface area contributed by atoms with Gasteiger partial charge in [-0.2, -0.15) is 0 Å². The zero-order valence-corrected chi connectivity index (χ0v) is 14.4. The molecule has 0 saturated carbocycles. The van der Waals surface area contributed by atoms with E-state index in [2.05, 4.69) is 30.3 Å². The van der Waals surface area contributed by atoms with Crippen molar-refractivity contribution in [1.82, 2.24) is 0 Å². The number of quaternary nitrogens is 2. The van der Waals surface area contributed by atoms with Gasteiger partial charge in [0.25, 0.3) is 0 Å². The molecule has 1 heterocycles. The lowest BCUT2D eigenvalue weighted by molar-refractivity contribution is -1.02. The van der Waals surface area contributed by atoms with Gasteiger partial charge in [0.2, 0.25) is 0 Å². The van der Waals surface area contributed by atoms with Gasteiger partial charge in [-0.1, -0.05) is 30.3 Å². The fourth-order valence-corrected chi connectivity index (χ4v) is 3.42. The first-order chi connectivity index (χ1) is 11.7. The molecule has 2 aromatic rings. The molecule has 1 aliphatic heterocycles. The molecule has 3 N–H and O–H groups in total. The van der Waals surface area contributed by atoms with Gasteiger partial charge in [0, 0.05) is 11.1 Å². The predicted molar refractivity (Wildman–Crippen MR) is 94.5 cm³/mol. The van der Waals surface area contributed by atoms with Crippen LogP contribution in [-0.4, -0.2) is 37.9 Å². The fourth-order valence-electron chi connectivity index (χ4n) is 3.42. The number of nitrogens with one attached hydrogen (secondary N) is 2. The van der Waals surface area contributed by atoms with Crippen LogP contribution >= 0.6 is 0 Å². The van der Waals surface area contributed by atoms with E-state index in [-0.39, 0.29) is 5.75 Å². The second kappa shape index (κ2) is 8.18. The average Bonchev–Trinajstić information content (AvgIpc) is 2.61. The van der Waals surface area contributed by atoms with Crippen LogP contribution in [0.2, 0.25) is 0 Å². The molecular weight excluding hydrogens is 300 g/mol. The van der Waals surface area contributed by atoms with Crippen molar-refractivity contribution in [3.8, 4) is 11.5 Å². The number of phenolic OH excluding ortho intramolecular Hbond substituents is 1. The van der Waals surface area contributed by atoms with Crippen molar-refractivity contribution in [3.63, 3.8) is 0 Å². The summed E-state index contributed by atoms with van der Waals surface area (Å²) in [5.41, 5.74) is 2.66. The van der Waals surface area contributed by atoms with Crippen LogP contribution in [0.1, 0.15) is 18.1 Å². The van der Waals surface area contributed by atoms with Crippen molar-refractivity contribution in [3.05, 3.63) is 59.7 Å². The molecule has 2 aromatic carbocycles. The van der Waals surface area contributed by atoms with E-state index in [1.807, 2.05) is 19.1 Å². The summed E-state index contributed by atoms with van der Waals surface area (Å²) >= 11 is 0. The van der Waals surface area contributed by atoms with Crippen LogP contribution in [0.15, 0.2) is 48.5 Å². The molecule has 0 unspecified atom stereocenters. The van der Waals surface area contributed by atoms with Crippen LogP contribution in [0, 0.1) is 0 Å². The molecule has 0 radical (unpaired) electrons. The topological polar surface area (TPSA) is 38.3 Å². The number of hydrogen-bond acceptors (Lipinski definition) is 2. The highest BCUT2D eigenvalue weighted by Crippen LogP contribution is 2.26. The van der Waals surface area contributed by atoms with Crippen LogP contribution < -0.4 is 14.5 Å². The minimum atomic E-state index is 0.229. The number of ether oxygens (including phenoxy) is 1. The third-order valence-electron chi connectivity index (χ3n) is 4.74. The second-order valence-electron chi connectivity index (χ2n) is 6.57. The summed E-state index contributed by atoms with van der Waals surface area (Å²) in [6, 6.07) is 16.5. The largest absolute Gasteiger partial charge is 0.504 e. The molecule has 3 rings (SSSR count). The average molecular weight is 328 g/mol. The Hall–Kier alpha value is -2.04. The molecule has 4 nitrogen and oxygen atoms in total. The standard InChI is InChI=1S/C20H26N2O2/c1-2-24-20-14-18(8-9-19(20)23)16-22-12-10-21(11-13-22)15-17-6-4-3-5-7-17/h3-9,14,23H,2,10-13,15-16H2,1H3/p+2. The summed E-state index contributed by atoms with van der Waals surface area (Å²) in [7, 11) is 0. The molecule has 0 amide bonds. The predicted octanol–water partition coefficient (Wildman–Crippen LogP) is 0.275. The van der Waals surface area contributed by atoms with Gasteiger partial charge in [-0.05, 0) is 25.1 Å². The number of aromatic hydroxyl groups is 1. The summed E-state index contributed by atoms with van der Waals surface area (Å²) in [5.74, 6) is 0.829. The van der Waals surface area contributed by atoms with E-state index in [9.17, 15) is 5.11 Å². The highest BCUT2D eigenvalue weighted by Gasteiger charge is 2.23. The van der Waals surface area contributed by atoms with E-state index < -0.39 is 0 Å². The van der Waals surface area contributed by atoms with E-state index in [1.165, 1.54) is 37.3 Å². The van der Waals surface area contributed by atoms with Gasteiger partial charge in [-0.3, -0.25) is 0 Å². The number of benzene rings is 2. The van der Waals surface area contributed by atoms with Crippen molar-refractivity contribution in [2.24, 2.45) is 0 Å². The zero-order valence-electron chi connectivity index (χ0n) is 14.4. The molecule has 1 aliphatic rings. The maximum Gasteiger partial charge on any atom is 0.161 e. The van der Waals surface area contributed by atoms with Gasteiger partial charge in [0.15, 0.2) is 11.5 Å². The molecule has 24 heavy (non-hydrogen) atoms. The quantitative estimate of drug-likeness (QED) is 0.712. The number of rotatable bonds is 6. The summed E-state index contributed by atoms with van der Waals surface area (Å²) in [6.45, 7) is 9.43. The Kier molecular flexibility index (Phi) is 5.72. The molecule has 0 aromatic heterocycles. The highest BCUT2D eigenvalue weighted by atomic mass is 16.5. The summed E-state index contributed by atoms with van der Waals surface area (Å²) in [5, 5.41) is 9.81. The van der Waals surface area contributed by atoms with Crippen molar-refractivity contribution in [1.29, 1.82) is 0 Å². The van der Waals surface area contributed by atoms with Gasteiger partial charge in [-0.25, -0.2) is 0 Å². The third-order valence-corrected chi connectivity index (χ3v) is 4.74. The minimum Gasteiger partial charge on any atom is -0.504 e. The monoisotopic (exact) mass is 328 g/mol. The number of phenols is 1. The lowest BCUT2D eigenvalue weighted by atomic mass is 10.1. The van der Waals surface area contributed by atoms with Crippen molar-refractivity contribution >= 4 is 0 Å². The molecule has 128 valence electrons. The van der Waals surface area contributed by atoms with Crippen LogP contribution in [0.3, 0.4) is 0 Å². The first-order valence-electron chi connectivity index (χ1n) is 8.90. The lowest BCUT2D eigenvalue weighted by Crippen LogP contribution is -3.27. The van der Waals surface area contributed by atoms with Crippen molar-refractivity contribution < 1.29 is 19.6 Å². The van der Waals surface area contributed by atoms with Crippen LogP contribution in [0.4, 0.5) is 0 Å². The van der Waals surface area contributed by atoms with E-state index in [0.717, 1.165) is 13.1 Å². The Morgan fingerprint density at radius 3 is 2.12 bits per heavy atom. The SMILES string of the molecule is CCOc1cc(C[NH+]2CC[NH+](Cc3ccccc3)CC2)ccc1O. The van der Waals surface area contributed by atoms with Gasteiger partial charge >= 0.3 is 0 Å². The molecule has 1 saturated heterocycles. The zero-order chi connectivity index (χ0) is 16.8. The Morgan fingerprint density at radius 1 is 0.875 bits per heavy atom. The molecule has 4 heteroatoms. The van der Waals surface area contributed by atoms with Gasteiger partial charge < -0.3 is 19.6 Å². The van der Waals surface area contributed by atoms with E-state index in [0.29, 0.717) is 12.4 Å². The second-order valence-corrected chi connectivity index (χ2v) is 6.57. The van der Waals surface area contributed by atoms with Crippen LogP contribution in [0.5, 0.6) is 11.5 Å². The Morgan fingerprint density at radius 2 is 1.50 bits per heavy atom. The molecule has 1 fully saturated rings. The van der Waals surface area contributed by atoms with Crippen LogP contribution in [0.25, 0.3) is 0 Å². The molecule has 0 spiro atoms. The molecular formula is C20H28N2O2+2. The maximum absolute atomic E-state index is 9.81. The van der Waals surface area contributed by atoms with Crippen molar-refractivity contribution in [2.75, 3.05) is 32.8 Å². The Bertz CT molecular complexity index is 637. The Labute approximate surface area is 144 Å².